The number of methoxy groups -OCH3 is 2. The topological polar surface area (TPSA) is 75.6 Å². The smallest absolute Gasteiger partial charge is 0.377 e. The molecule has 0 aliphatic carbocycles. The maximum atomic E-state index is 11.9. The van der Waals surface area contributed by atoms with E-state index in [0.29, 0.717) is 24.3 Å². The molecule has 7 nitrogen and oxygen atoms in total. The van der Waals surface area contributed by atoms with Crippen molar-refractivity contribution in [3.8, 4) is 11.5 Å². The average molecular weight is 486 g/mol. The summed E-state index contributed by atoms with van der Waals surface area (Å²) in [4.78, 5) is 17.7. The van der Waals surface area contributed by atoms with Crippen LogP contribution >= 0.6 is 0 Å². The van der Waals surface area contributed by atoms with Crippen molar-refractivity contribution in [2.24, 2.45) is 5.16 Å². The van der Waals surface area contributed by atoms with Gasteiger partial charge in [0.2, 0.25) is 5.76 Å². The Balaban J connectivity index is 2.15. The summed E-state index contributed by atoms with van der Waals surface area (Å²) in [6.45, 7) is 13.0. The van der Waals surface area contributed by atoms with E-state index in [1.165, 1.54) is 31.2 Å². The molecule has 0 radical (unpaired) electrons. The lowest BCUT2D eigenvalue weighted by molar-refractivity contribution is -0.138. The first-order chi connectivity index (χ1) is 16.1. The Hall–Kier alpha value is -3.26. The molecule has 184 valence electrons. The number of carbonyl (C=O) groups excluding carboxylic acids is 1. The van der Waals surface area contributed by atoms with Crippen LogP contribution in [0.25, 0.3) is 0 Å². The molecular weight excluding hydrogens is 450 g/mol. The number of ether oxygens (including phenoxy) is 4. The van der Waals surface area contributed by atoms with E-state index in [1.54, 1.807) is 0 Å². The monoisotopic (exact) mass is 485 g/mol. The number of rotatable bonds is 11. The largest absolute Gasteiger partial charge is 0.500 e. The Morgan fingerprint density at radius 2 is 1.79 bits per heavy atom. The minimum atomic E-state index is -1.89. The number of oxime groups is 1. The summed E-state index contributed by atoms with van der Waals surface area (Å²) >= 11 is 0. The van der Waals surface area contributed by atoms with Gasteiger partial charge in [-0.15, -0.1) is 0 Å². The number of benzene rings is 2. The van der Waals surface area contributed by atoms with Crippen molar-refractivity contribution in [2.75, 3.05) is 27.1 Å². The molecule has 0 bridgehead atoms. The van der Waals surface area contributed by atoms with Crippen LogP contribution in [0, 0.1) is 13.8 Å². The molecule has 8 heteroatoms. The average Bonchev–Trinajstić information content (AvgIpc) is 2.79. The van der Waals surface area contributed by atoms with Gasteiger partial charge in [-0.2, -0.15) is 0 Å². The van der Waals surface area contributed by atoms with E-state index < -0.39 is 14.0 Å². The summed E-state index contributed by atoms with van der Waals surface area (Å²) in [6, 6.07) is 11.9. The summed E-state index contributed by atoms with van der Waals surface area (Å²) < 4.78 is 21.0. The van der Waals surface area contributed by atoms with Crippen molar-refractivity contribution >= 4 is 24.9 Å². The van der Waals surface area contributed by atoms with Crippen LogP contribution in [0.1, 0.15) is 30.5 Å². The molecule has 0 aliphatic rings. The minimum absolute atomic E-state index is 0.0467. The van der Waals surface area contributed by atoms with Gasteiger partial charge in [-0.25, -0.2) is 4.79 Å². The van der Waals surface area contributed by atoms with E-state index >= 15 is 0 Å². The van der Waals surface area contributed by atoms with Crippen LogP contribution in [0.2, 0.25) is 13.1 Å². The van der Waals surface area contributed by atoms with Gasteiger partial charge in [0, 0.05) is 5.56 Å². The predicted octanol–water partition coefficient (Wildman–Crippen LogP) is 4.64. The highest BCUT2D eigenvalue weighted by atomic mass is 28.3. The van der Waals surface area contributed by atoms with Gasteiger partial charge in [-0.3, -0.25) is 0 Å². The first-order valence-electron chi connectivity index (χ1n) is 11.1. The summed E-state index contributed by atoms with van der Waals surface area (Å²) in [5, 5.41) is 5.67. The fourth-order valence-corrected chi connectivity index (χ4v) is 5.66. The molecule has 0 saturated carbocycles. The molecule has 0 amide bonds. The number of nitrogens with zero attached hydrogens (tertiary/aromatic N) is 1. The minimum Gasteiger partial charge on any atom is -0.500 e. The van der Waals surface area contributed by atoms with E-state index in [-0.39, 0.29) is 5.76 Å². The lowest BCUT2D eigenvalue weighted by atomic mass is 10.1. The second kappa shape index (κ2) is 12.3. The fourth-order valence-electron chi connectivity index (χ4n) is 3.45. The molecule has 2 rings (SSSR count). The Morgan fingerprint density at radius 3 is 2.41 bits per heavy atom. The summed E-state index contributed by atoms with van der Waals surface area (Å²) in [7, 11) is 0.830. The predicted molar refractivity (Wildman–Crippen MR) is 137 cm³/mol. The zero-order valence-corrected chi connectivity index (χ0v) is 22.4. The van der Waals surface area contributed by atoms with Crippen LogP contribution in [-0.4, -0.2) is 46.8 Å². The quantitative estimate of drug-likeness (QED) is 0.115. The van der Waals surface area contributed by atoms with Crippen molar-refractivity contribution in [1.82, 2.24) is 0 Å². The molecule has 2 aromatic rings. The maximum absolute atomic E-state index is 11.9. The highest BCUT2D eigenvalue weighted by Gasteiger charge is 2.27. The van der Waals surface area contributed by atoms with Crippen LogP contribution in [0.4, 0.5) is 0 Å². The molecule has 0 unspecified atom stereocenters. The summed E-state index contributed by atoms with van der Waals surface area (Å²) in [6.07, 6.45) is 1.75. The van der Waals surface area contributed by atoms with Crippen LogP contribution in [0.3, 0.4) is 0 Å². The molecule has 0 aromatic heterocycles. The van der Waals surface area contributed by atoms with Gasteiger partial charge in [0.15, 0.2) is 0 Å². The molecule has 0 aliphatic heterocycles. The highest BCUT2D eigenvalue weighted by molar-refractivity contribution is 6.90. The molecule has 0 heterocycles. The number of hydrogen-bond donors (Lipinski definition) is 0. The van der Waals surface area contributed by atoms with Gasteiger partial charge in [0.25, 0.3) is 0 Å². The zero-order valence-electron chi connectivity index (χ0n) is 21.4. The van der Waals surface area contributed by atoms with Gasteiger partial charge >= 0.3 is 5.97 Å². The number of esters is 1. The fraction of sp³-hybridized carbons (Fsp3) is 0.385. The molecular formula is C26H35NO6Si. The lowest BCUT2D eigenvalue weighted by Gasteiger charge is -2.24. The number of aryl methyl sites for hydroxylation is 2. The normalized spacial score (nSPS) is 12.2. The van der Waals surface area contributed by atoms with Crippen LogP contribution in [0.5, 0.6) is 11.5 Å². The van der Waals surface area contributed by atoms with Gasteiger partial charge in [-0.05, 0) is 57.0 Å². The van der Waals surface area contributed by atoms with E-state index in [1.807, 2.05) is 45.0 Å². The van der Waals surface area contributed by atoms with Crippen molar-refractivity contribution in [1.29, 1.82) is 0 Å². The Bertz CT molecular complexity index is 1060. The number of hydrogen-bond acceptors (Lipinski definition) is 7. The third-order valence-electron chi connectivity index (χ3n) is 5.30. The van der Waals surface area contributed by atoms with Crippen molar-refractivity contribution in [2.45, 2.75) is 40.8 Å². The Kier molecular flexibility index (Phi) is 9.74. The SMILES string of the molecule is CCOc1ccc([Si](C)(C)CON=C(C)c2ccc(C)c(OC(=COC)C(=O)OC)c2)c(C)c1. The summed E-state index contributed by atoms with van der Waals surface area (Å²) in [5.74, 6) is 0.712. The van der Waals surface area contributed by atoms with Crippen molar-refractivity contribution in [3.63, 3.8) is 0 Å². The van der Waals surface area contributed by atoms with Crippen molar-refractivity contribution < 1.29 is 28.6 Å². The molecule has 0 spiro atoms. The maximum Gasteiger partial charge on any atom is 0.377 e. The van der Waals surface area contributed by atoms with E-state index in [9.17, 15) is 4.79 Å². The summed E-state index contributed by atoms with van der Waals surface area (Å²) in [5.41, 5.74) is 3.58. The molecule has 0 atom stereocenters. The first-order valence-corrected chi connectivity index (χ1v) is 14.3. The highest BCUT2D eigenvalue weighted by Crippen LogP contribution is 2.23. The Morgan fingerprint density at radius 1 is 1.06 bits per heavy atom. The third kappa shape index (κ3) is 7.12. The second-order valence-corrected chi connectivity index (χ2v) is 13.1. The van der Waals surface area contributed by atoms with E-state index in [0.717, 1.165) is 16.9 Å². The van der Waals surface area contributed by atoms with Gasteiger partial charge in [0.1, 0.15) is 32.1 Å². The first kappa shape index (κ1) is 27.0. The third-order valence-corrected chi connectivity index (χ3v) is 8.17. The zero-order chi connectivity index (χ0) is 25.3. The molecule has 0 saturated heterocycles. The van der Waals surface area contributed by atoms with Gasteiger partial charge in [-0.1, -0.05) is 41.6 Å². The lowest BCUT2D eigenvalue weighted by Crippen LogP contribution is -2.47. The van der Waals surface area contributed by atoms with Gasteiger partial charge < -0.3 is 23.8 Å². The van der Waals surface area contributed by atoms with Crippen LogP contribution in [0.15, 0.2) is 53.6 Å². The second-order valence-electron chi connectivity index (χ2n) is 8.54. The molecule has 2 aromatic carbocycles. The standard InChI is InChI=1S/C26H35NO6Si/c1-9-31-22-12-13-25(19(3)14-22)34(7,8)17-32-27-20(4)21-11-10-18(2)23(15-21)33-24(16-29-5)26(28)30-6/h10-16H,9,17H2,1-8H3. The van der Waals surface area contributed by atoms with Crippen LogP contribution < -0.4 is 14.7 Å². The van der Waals surface area contributed by atoms with E-state index in [2.05, 4.69) is 37.3 Å². The Labute approximate surface area is 203 Å². The van der Waals surface area contributed by atoms with Crippen molar-refractivity contribution in [3.05, 3.63) is 65.1 Å². The molecule has 0 N–H and O–H groups in total. The van der Waals surface area contributed by atoms with Crippen LogP contribution in [-0.2, 0) is 19.1 Å². The van der Waals surface area contributed by atoms with E-state index in [4.69, 9.17) is 23.8 Å². The van der Waals surface area contributed by atoms with Gasteiger partial charge in [0.05, 0.1) is 26.5 Å². The number of carbonyl (C=O) groups is 1. The molecule has 0 fully saturated rings. The molecule has 34 heavy (non-hydrogen) atoms.